The van der Waals surface area contributed by atoms with Gasteiger partial charge in [-0.1, -0.05) is 59.6 Å². The molecule has 0 atom stereocenters. The third-order valence-electron chi connectivity index (χ3n) is 5.26. The first-order chi connectivity index (χ1) is 15.4. The standard InChI is InChI=1S/C25H22Cl2N2O3S/c1-25(2,30)24-15-23(29(28-24)22-10-5-4-9-20(22)26)19-12-11-17(14-21(19)27)16-7-6-8-18(13-16)33(3,31)32/h4-15,30H,1-3H3. The molecule has 4 rings (SSSR count). The van der Waals surface area contributed by atoms with Gasteiger partial charge < -0.3 is 5.11 Å². The third kappa shape index (κ3) is 4.84. The SMILES string of the molecule is CC(C)(O)c1cc(-c2ccc(-c3cccc(S(C)(=O)=O)c3)cc2Cl)n(-c2ccccc2Cl)n1. The molecule has 0 fully saturated rings. The highest BCUT2D eigenvalue weighted by molar-refractivity contribution is 7.90. The molecule has 0 radical (unpaired) electrons. The number of para-hydroxylation sites is 1. The van der Waals surface area contributed by atoms with Crippen LogP contribution >= 0.6 is 23.2 Å². The van der Waals surface area contributed by atoms with Crippen molar-refractivity contribution in [1.82, 2.24) is 9.78 Å². The van der Waals surface area contributed by atoms with Gasteiger partial charge in [-0.3, -0.25) is 0 Å². The van der Waals surface area contributed by atoms with Crippen LogP contribution in [0.3, 0.4) is 0 Å². The van der Waals surface area contributed by atoms with Gasteiger partial charge in [-0.2, -0.15) is 5.10 Å². The lowest BCUT2D eigenvalue weighted by Gasteiger charge is -2.13. The van der Waals surface area contributed by atoms with Gasteiger partial charge in [-0.05, 0) is 61.4 Å². The molecule has 0 aliphatic carbocycles. The number of aliphatic hydroxyl groups is 1. The number of halogens is 2. The summed E-state index contributed by atoms with van der Waals surface area (Å²) in [6.45, 7) is 3.32. The van der Waals surface area contributed by atoms with Crippen LogP contribution < -0.4 is 0 Å². The van der Waals surface area contributed by atoms with Crippen LogP contribution in [-0.2, 0) is 15.4 Å². The van der Waals surface area contributed by atoms with E-state index in [1.54, 1.807) is 54.9 Å². The van der Waals surface area contributed by atoms with E-state index >= 15 is 0 Å². The summed E-state index contributed by atoms with van der Waals surface area (Å²) in [7, 11) is -3.33. The summed E-state index contributed by atoms with van der Waals surface area (Å²) in [6.07, 6.45) is 1.18. The fourth-order valence-corrected chi connectivity index (χ4v) is 4.65. The molecule has 1 aromatic heterocycles. The molecule has 0 bridgehead atoms. The van der Waals surface area contributed by atoms with Crippen LogP contribution in [0.15, 0.2) is 77.7 Å². The molecule has 5 nitrogen and oxygen atoms in total. The van der Waals surface area contributed by atoms with Crippen molar-refractivity contribution in [1.29, 1.82) is 0 Å². The summed E-state index contributed by atoms with van der Waals surface area (Å²) in [5, 5.41) is 16.1. The van der Waals surface area contributed by atoms with E-state index in [9.17, 15) is 13.5 Å². The van der Waals surface area contributed by atoms with Crippen molar-refractivity contribution in [2.45, 2.75) is 24.3 Å². The Hall–Kier alpha value is -2.64. The molecule has 0 saturated carbocycles. The lowest BCUT2D eigenvalue weighted by atomic mass is 10.0. The minimum absolute atomic E-state index is 0.242. The number of nitrogens with zero attached hydrogens (tertiary/aromatic N) is 2. The number of hydrogen-bond acceptors (Lipinski definition) is 4. The van der Waals surface area contributed by atoms with Crippen LogP contribution in [0.5, 0.6) is 0 Å². The zero-order valence-electron chi connectivity index (χ0n) is 18.3. The third-order valence-corrected chi connectivity index (χ3v) is 7.00. The lowest BCUT2D eigenvalue weighted by Crippen LogP contribution is -2.16. The van der Waals surface area contributed by atoms with E-state index in [0.717, 1.165) is 11.1 Å². The molecule has 0 unspecified atom stereocenters. The molecule has 3 aromatic carbocycles. The van der Waals surface area contributed by atoms with Crippen molar-refractivity contribution < 1.29 is 13.5 Å². The van der Waals surface area contributed by atoms with Crippen molar-refractivity contribution in [2.75, 3.05) is 6.26 Å². The van der Waals surface area contributed by atoms with Gasteiger partial charge in [0.05, 0.1) is 32.0 Å². The Labute approximate surface area is 203 Å². The molecule has 0 aliphatic rings. The molecule has 4 aromatic rings. The van der Waals surface area contributed by atoms with E-state index in [0.29, 0.717) is 32.7 Å². The molecule has 1 heterocycles. The molecule has 33 heavy (non-hydrogen) atoms. The lowest BCUT2D eigenvalue weighted by molar-refractivity contribution is 0.0734. The fourth-order valence-electron chi connectivity index (χ4n) is 3.49. The predicted molar refractivity (Wildman–Crippen MR) is 133 cm³/mol. The molecular formula is C25H22Cl2N2O3S. The molecular weight excluding hydrogens is 479 g/mol. The normalized spacial score (nSPS) is 12.2. The van der Waals surface area contributed by atoms with Crippen LogP contribution in [0, 0.1) is 0 Å². The van der Waals surface area contributed by atoms with Gasteiger partial charge >= 0.3 is 0 Å². The number of benzene rings is 3. The second-order valence-electron chi connectivity index (χ2n) is 8.33. The minimum Gasteiger partial charge on any atom is -0.384 e. The molecule has 1 N–H and O–H groups in total. The molecule has 0 amide bonds. The van der Waals surface area contributed by atoms with Crippen LogP contribution in [-0.4, -0.2) is 29.6 Å². The average Bonchev–Trinajstić information content (AvgIpc) is 3.19. The zero-order chi connectivity index (χ0) is 24.0. The van der Waals surface area contributed by atoms with Gasteiger partial charge in [-0.15, -0.1) is 0 Å². The average molecular weight is 501 g/mol. The molecule has 0 saturated heterocycles. The van der Waals surface area contributed by atoms with Gasteiger partial charge in [0, 0.05) is 11.8 Å². The zero-order valence-corrected chi connectivity index (χ0v) is 20.6. The summed E-state index contributed by atoms with van der Waals surface area (Å²) in [5.41, 5.74) is 2.84. The van der Waals surface area contributed by atoms with Crippen LogP contribution in [0.4, 0.5) is 0 Å². The predicted octanol–water partition coefficient (Wildman–Crippen LogP) is 6.14. The first-order valence-corrected chi connectivity index (χ1v) is 12.8. The van der Waals surface area contributed by atoms with Crippen LogP contribution in [0.1, 0.15) is 19.5 Å². The number of rotatable bonds is 5. The Morgan fingerprint density at radius 2 is 1.58 bits per heavy atom. The highest BCUT2D eigenvalue weighted by atomic mass is 35.5. The van der Waals surface area contributed by atoms with Gasteiger partial charge in [0.25, 0.3) is 0 Å². The highest BCUT2D eigenvalue weighted by Crippen LogP contribution is 2.36. The van der Waals surface area contributed by atoms with Crippen molar-refractivity contribution in [2.24, 2.45) is 0 Å². The summed E-state index contributed by atoms with van der Waals surface area (Å²) in [6, 6.07) is 21.3. The Kier molecular flexibility index (Phi) is 6.14. The second kappa shape index (κ2) is 8.61. The summed E-state index contributed by atoms with van der Waals surface area (Å²) >= 11 is 13.1. The second-order valence-corrected chi connectivity index (χ2v) is 11.2. The van der Waals surface area contributed by atoms with Gasteiger partial charge in [0.2, 0.25) is 0 Å². The smallest absolute Gasteiger partial charge is 0.175 e. The van der Waals surface area contributed by atoms with Crippen LogP contribution in [0.2, 0.25) is 10.0 Å². The van der Waals surface area contributed by atoms with E-state index in [-0.39, 0.29) is 4.90 Å². The topological polar surface area (TPSA) is 72.2 Å². The molecule has 0 spiro atoms. The van der Waals surface area contributed by atoms with Crippen molar-refractivity contribution in [3.05, 3.63) is 88.5 Å². The number of sulfone groups is 1. The maximum absolute atomic E-state index is 11.9. The number of aromatic nitrogens is 2. The maximum Gasteiger partial charge on any atom is 0.175 e. The first-order valence-electron chi connectivity index (χ1n) is 10.1. The summed E-state index contributed by atoms with van der Waals surface area (Å²) in [4.78, 5) is 0.242. The Morgan fingerprint density at radius 3 is 2.21 bits per heavy atom. The van der Waals surface area contributed by atoms with Crippen molar-refractivity contribution in [3.63, 3.8) is 0 Å². The monoisotopic (exact) mass is 500 g/mol. The highest BCUT2D eigenvalue weighted by Gasteiger charge is 2.24. The van der Waals surface area contributed by atoms with Gasteiger partial charge in [0.1, 0.15) is 5.60 Å². The maximum atomic E-state index is 11.9. The van der Waals surface area contributed by atoms with E-state index in [1.165, 1.54) is 6.26 Å². The summed E-state index contributed by atoms with van der Waals surface area (Å²) < 4.78 is 25.5. The van der Waals surface area contributed by atoms with Gasteiger partial charge in [0.15, 0.2) is 9.84 Å². The van der Waals surface area contributed by atoms with Crippen LogP contribution in [0.25, 0.3) is 28.1 Å². The Bertz CT molecular complexity index is 1450. The fraction of sp³-hybridized carbons (Fsp3) is 0.160. The van der Waals surface area contributed by atoms with Crippen molar-refractivity contribution in [3.8, 4) is 28.1 Å². The molecule has 0 aliphatic heterocycles. The largest absolute Gasteiger partial charge is 0.384 e. The molecule has 170 valence electrons. The van der Waals surface area contributed by atoms with E-state index in [2.05, 4.69) is 5.10 Å². The summed E-state index contributed by atoms with van der Waals surface area (Å²) in [5.74, 6) is 0. The minimum atomic E-state index is -3.33. The van der Waals surface area contributed by atoms with E-state index in [1.807, 2.05) is 36.4 Å². The van der Waals surface area contributed by atoms with Gasteiger partial charge in [-0.25, -0.2) is 13.1 Å². The Morgan fingerprint density at radius 1 is 0.879 bits per heavy atom. The van der Waals surface area contributed by atoms with E-state index < -0.39 is 15.4 Å². The quantitative estimate of drug-likeness (QED) is 0.356. The van der Waals surface area contributed by atoms with Crippen molar-refractivity contribution >= 4 is 33.0 Å². The Balaban J connectivity index is 1.86. The first kappa shape index (κ1) is 23.5. The molecule has 8 heteroatoms. The van der Waals surface area contributed by atoms with E-state index in [4.69, 9.17) is 23.2 Å². The number of hydrogen-bond donors (Lipinski definition) is 1.